The van der Waals surface area contributed by atoms with Gasteiger partial charge in [0.2, 0.25) is 0 Å². The molecule has 192 valence electrons. The quantitative estimate of drug-likeness (QED) is 0.209. The van der Waals surface area contributed by atoms with Crippen molar-refractivity contribution in [2.45, 2.75) is 19.4 Å². The Morgan fingerprint density at radius 1 is 1.11 bits per heavy atom. The molecule has 0 aromatic heterocycles. The van der Waals surface area contributed by atoms with Crippen LogP contribution < -0.4 is 5.32 Å². The van der Waals surface area contributed by atoms with E-state index in [2.05, 4.69) is 10.2 Å². The zero-order valence-corrected chi connectivity index (χ0v) is 20.3. The second kappa shape index (κ2) is 13.0. The third-order valence-corrected chi connectivity index (χ3v) is 6.11. The zero-order chi connectivity index (χ0) is 26.1. The number of urea groups is 1. The van der Waals surface area contributed by atoms with E-state index in [1.807, 2.05) is 0 Å². The molecular formula is C24H27ClN4O7. The maximum Gasteiger partial charge on any atom is 0.415 e. The van der Waals surface area contributed by atoms with Gasteiger partial charge in [-0.25, -0.2) is 14.5 Å². The lowest BCUT2D eigenvalue weighted by atomic mass is 9.97. The van der Waals surface area contributed by atoms with Gasteiger partial charge in [0.05, 0.1) is 23.2 Å². The first-order chi connectivity index (χ1) is 17.3. The number of hydrogen-bond acceptors (Lipinski definition) is 7. The smallest absolute Gasteiger partial charge is 0.415 e. The Morgan fingerprint density at radius 2 is 1.83 bits per heavy atom. The minimum Gasteiger partial charge on any atom is -0.465 e. The summed E-state index contributed by atoms with van der Waals surface area (Å²) in [6, 6.07) is 9.13. The van der Waals surface area contributed by atoms with Crippen molar-refractivity contribution >= 4 is 35.2 Å². The van der Waals surface area contributed by atoms with Crippen LogP contribution in [0, 0.1) is 10.1 Å². The van der Waals surface area contributed by atoms with Crippen molar-refractivity contribution in [1.82, 2.24) is 15.1 Å². The Balaban J connectivity index is 1.66. The number of carboxylic acid groups (broad SMARTS) is 1. The van der Waals surface area contributed by atoms with Crippen LogP contribution in [0.15, 0.2) is 42.5 Å². The zero-order valence-electron chi connectivity index (χ0n) is 19.5. The molecule has 1 aliphatic rings. The van der Waals surface area contributed by atoms with Gasteiger partial charge in [-0.15, -0.1) is 0 Å². The van der Waals surface area contributed by atoms with Crippen molar-refractivity contribution in [3.05, 3.63) is 74.3 Å². The van der Waals surface area contributed by atoms with Crippen molar-refractivity contribution in [3.8, 4) is 0 Å². The van der Waals surface area contributed by atoms with Crippen LogP contribution in [0.2, 0.25) is 5.02 Å². The maximum atomic E-state index is 13.1. The molecular weight excluding hydrogens is 492 g/mol. The first-order valence-corrected chi connectivity index (χ1v) is 11.8. The molecule has 36 heavy (non-hydrogen) atoms. The molecule has 0 spiro atoms. The summed E-state index contributed by atoms with van der Waals surface area (Å²) < 4.78 is 5.30. The number of nitro groups is 1. The van der Waals surface area contributed by atoms with E-state index in [0.29, 0.717) is 24.5 Å². The number of ketones is 1. The number of non-ortho nitro benzene ring substituents is 1. The molecule has 11 nitrogen and oxygen atoms in total. The van der Waals surface area contributed by atoms with Crippen LogP contribution in [0.3, 0.4) is 0 Å². The van der Waals surface area contributed by atoms with Gasteiger partial charge in [-0.05, 0) is 43.1 Å². The maximum absolute atomic E-state index is 13.1. The summed E-state index contributed by atoms with van der Waals surface area (Å²) in [4.78, 5) is 50.9. The number of benzene rings is 2. The van der Waals surface area contributed by atoms with Gasteiger partial charge in [0.15, 0.2) is 5.78 Å². The largest absolute Gasteiger partial charge is 0.465 e. The molecule has 2 aromatic carbocycles. The number of rotatable bonds is 10. The lowest BCUT2D eigenvalue weighted by Gasteiger charge is -2.26. The van der Waals surface area contributed by atoms with E-state index < -0.39 is 22.8 Å². The van der Waals surface area contributed by atoms with Crippen molar-refractivity contribution in [2.75, 3.05) is 39.4 Å². The summed E-state index contributed by atoms with van der Waals surface area (Å²) >= 11 is 6.13. The summed E-state index contributed by atoms with van der Waals surface area (Å²) in [6.45, 7) is 3.59. The van der Waals surface area contributed by atoms with Gasteiger partial charge in [-0.1, -0.05) is 23.7 Å². The third-order valence-electron chi connectivity index (χ3n) is 5.78. The summed E-state index contributed by atoms with van der Waals surface area (Å²) in [5.74, 6) is -0.549. The number of halogens is 1. The van der Waals surface area contributed by atoms with Crippen LogP contribution in [-0.4, -0.2) is 77.1 Å². The Morgan fingerprint density at radius 3 is 2.50 bits per heavy atom. The lowest BCUT2D eigenvalue weighted by molar-refractivity contribution is -0.384. The highest BCUT2D eigenvalue weighted by Gasteiger charge is 2.23. The minimum atomic E-state index is -1.39. The fraction of sp³-hybridized carbons (Fsp3) is 0.375. The normalized spacial score (nSPS) is 13.7. The number of unbranched alkanes of at least 4 members (excludes halogenated alkanes) is 1. The number of amides is 3. The molecule has 1 heterocycles. The van der Waals surface area contributed by atoms with E-state index in [4.69, 9.17) is 16.3 Å². The number of nitrogens with zero attached hydrogens (tertiary/aromatic N) is 3. The first kappa shape index (κ1) is 27.1. The van der Waals surface area contributed by atoms with E-state index in [1.54, 1.807) is 12.1 Å². The highest BCUT2D eigenvalue weighted by atomic mass is 35.5. The van der Waals surface area contributed by atoms with Crippen molar-refractivity contribution in [2.24, 2.45) is 0 Å². The molecule has 12 heteroatoms. The average molecular weight is 519 g/mol. The van der Waals surface area contributed by atoms with E-state index in [0.717, 1.165) is 32.1 Å². The van der Waals surface area contributed by atoms with Crippen LogP contribution in [0.5, 0.6) is 0 Å². The van der Waals surface area contributed by atoms with Crippen molar-refractivity contribution < 1.29 is 29.2 Å². The minimum absolute atomic E-state index is 0.00927. The van der Waals surface area contributed by atoms with Gasteiger partial charge in [0, 0.05) is 49.4 Å². The number of morpholine rings is 1. The highest BCUT2D eigenvalue weighted by molar-refractivity contribution is 6.35. The molecule has 1 aliphatic heterocycles. The van der Waals surface area contributed by atoms with Crippen LogP contribution in [0.4, 0.5) is 15.3 Å². The molecule has 0 saturated carbocycles. The number of nitro benzene ring substituents is 1. The Labute approximate surface area is 212 Å². The van der Waals surface area contributed by atoms with Gasteiger partial charge < -0.3 is 15.2 Å². The predicted molar refractivity (Wildman–Crippen MR) is 131 cm³/mol. The number of hydrogen-bond donors (Lipinski definition) is 2. The molecule has 3 rings (SSSR count). The second-order valence-corrected chi connectivity index (χ2v) is 8.57. The number of imide groups is 1. The first-order valence-electron chi connectivity index (χ1n) is 11.4. The van der Waals surface area contributed by atoms with E-state index in [-0.39, 0.29) is 40.5 Å². The topological polar surface area (TPSA) is 142 Å². The van der Waals surface area contributed by atoms with Crippen LogP contribution >= 0.6 is 11.6 Å². The van der Waals surface area contributed by atoms with Crippen LogP contribution in [-0.2, 0) is 11.3 Å². The van der Waals surface area contributed by atoms with E-state index in [1.165, 1.54) is 24.3 Å². The molecule has 0 unspecified atom stereocenters. The fourth-order valence-electron chi connectivity index (χ4n) is 3.81. The van der Waals surface area contributed by atoms with E-state index in [9.17, 15) is 29.6 Å². The van der Waals surface area contributed by atoms with Gasteiger partial charge in [0.25, 0.3) is 5.69 Å². The van der Waals surface area contributed by atoms with Crippen molar-refractivity contribution in [1.29, 1.82) is 0 Å². The molecule has 3 amide bonds. The molecule has 0 atom stereocenters. The number of carbonyl (C=O) groups is 3. The third kappa shape index (κ3) is 7.23. The highest BCUT2D eigenvalue weighted by Crippen LogP contribution is 2.24. The summed E-state index contributed by atoms with van der Waals surface area (Å²) in [5.41, 5.74) is 0.133. The van der Waals surface area contributed by atoms with Crippen molar-refractivity contribution in [3.63, 3.8) is 0 Å². The van der Waals surface area contributed by atoms with Crippen LogP contribution in [0.1, 0.15) is 34.3 Å². The average Bonchev–Trinajstić information content (AvgIpc) is 2.87. The predicted octanol–water partition coefficient (Wildman–Crippen LogP) is 3.78. The summed E-state index contributed by atoms with van der Waals surface area (Å²) in [6.07, 6.45) is -0.184. The molecule has 2 aromatic rings. The SMILES string of the molecule is O=C(c1ccccc1Cl)c1cc([N+](=O)[O-])ccc1CNC(=O)N(CCCCN1CCOCC1)C(=O)O. The monoisotopic (exact) mass is 518 g/mol. The summed E-state index contributed by atoms with van der Waals surface area (Å²) in [7, 11) is 0. The van der Waals surface area contributed by atoms with E-state index >= 15 is 0 Å². The molecule has 1 fully saturated rings. The molecule has 0 radical (unpaired) electrons. The Hall–Kier alpha value is -3.54. The molecule has 0 aliphatic carbocycles. The van der Waals surface area contributed by atoms with Crippen LogP contribution in [0.25, 0.3) is 0 Å². The molecule has 2 N–H and O–H groups in total. The lowest BCUT2D eigenvalue weighted by Crippen LogP contribution is -2.43. The number of ether oxygens (including phenoxy) is 1. The van der Waals surface area contributed by atoms with Gasteiger partial charge in [-0.2, -0.15) is 0 Å². The molecule has 0 bridgehead atoms. The van der Waals surface area contributed by atoms with Gasteiger partial charge in [0.1, 0.15) is 0 Å². The molecule has 1 saturated heterocycles. The summed E-state index contributed by atoms with van der Waals surface area (Å²) in [5, 5.41) is 23.5. The number of nitrogens with one attached hydrogen (secondary N) is 1. The Bertz CT molecular complexity index is 1120. The fourth-order valence-corrected chi connectivity index (χ4v) is 4.04. The van der Waals surface area contributed by atoms with Gasteiger partial charge >= 0.3 is 12.1 Å². The second-order valence-electron chi connectivity index (χ2n) is 8.16. The van der Waals surface area contributed by atoms with Gasteiger partial charge in [-0.3, -0.25) is 19.8 Å². The number of carbonyl (C=O) groups excluding carboxylic acids is 2. The Kier molecular flexibility index (Phi) is 9.74. The standard InChI is InChI=1S/C24H27ClN4O7/c25-21-6-2-1-5-19(21)22(30)20-15-18(29(34)35)8-7-17(20)16-26-23(31)28(24(32)33)10-4-3-9-27-11-13-36-14-12-27/h1-2,5-8,15H,3-4,9-14,16H2,(H,26,31)(H,32,33).